The minimum Gasteiger partial charge on any atom is -0.465 e. The third-order valence-corrected chi connectivity index (χ3v) is 3.97. The van der Waals surface area contributed by atoms with Gasteiger partial charge in [0.15, 0.2) is 5.60 Å². The molecule has 1 amide bonds. The number of carboxylic acid groups (broad SMARTS) is 1. The molecule has 0 saturated carbocycles. The van der Waals surface area contributed by atoms with Crippen LogP contribution in [-0.2, 0) is 5.60 Å². The Labute approximate surface area is 142 Å². The standard InChI is InChI=1S/C15H17F3N4O3/c1-3-4-11-9-21(13(23)24)5-6-22(11)12-19-7-10(8-20-12)14(2,25)15(16,17)18/h7-8,11,25H,5-6,9H2,1-2H3,(H,23,24)/t11-,14-/m0/s1. The highest BCUT2D eigenvalue weighted by Crippen LogP contribution is 2.38. The van der Waals surface area contributed by atoms with Crippen molar-refractivity contribution >= 4 is 12.0 Å². The molecular weight excluding hydrogens is 341 g/mol. The number of hydrogen-bond acceptors (Lipinski definition) is 5. The van der Waals surface area contributed by atoms with Gasteiger partial charge in [0.25, 0.3) is 0 Å². The molecule has 0 unspecified atom stereocenters. The summed E-state index contributed by atoms with van der Waals surface area (Å²) in [6.45, 7) is 2.79. The molecule has 1 aliphatic heterocycles. The second-order valence-electron chi connectivity index (χ2n) is 5.67. The number of amides is 1. The highest BCUT2D eigenvalue weighted by molar-refractivity contribution is 5.65. The lowest BCUT2D eigenvalue weighted by atomic mass is 9.99. The molecule has 25 heavy (non-hydrogen) atoms. The molecule has 10 heteroatoms. The fraction of sp³-hybridized carbons (Fsp3) is 0.533. The smallest absolute Gasteiger partial charge is 0.421 e. The van der Waals surface area contributed by atoms with E-state index in [9.17, 15) is 23.1 Å². The van der Waals surface area contributed by atoms with E-state index in [0.717, 1.165) is 12.4 Å². The Bertz CT molecular complexity index is 695. The lowest BCUT2D eigenvalue weighted by Crippen LogP contribution is -2.54. The molecule has 0 bridgehead atoms. The van der Waals surface area contributed by atoms with Crippen LogP contribution >= 0.6 is 0 Å². The monoisotopic (exact) mass is 358 g/mol. The number of aromatic nitrogens is 2. The van der Waals surface area contributed by atoms with Crippen LogP contribution < -0.4 is 4.90 Å². The van der Waals surface area contributed by atoms with Gasteiger partial charge in [0.05, 0.1) is 6.54 Å². The van der Waals surface area contributed by atoms with E-state index in [4.69, 9.17) is 5.11 Å². The molecule has 7 nitrogen and oxygen atoms in total. The van der Waals surface area contributed by atoms with Crippen LogP contribution in [0.25, 0.3) is 0 Å². The lowest BCUT2D eigenvalue weighted by Gasteiger charge is -2.38. The summed E-state index contributed by atoms with van der Waals surface area (Å²) in [6.07, 6.45) is -4.10. The maximum Gasteiger partial charge on any atom is 0.421 e. The average molecular weight is 358 g/mol. The zero-order valence-electron chi connectivity index (χ0n) is 13.6. The van der Waals surface area contributed by atoms with Crippen LogP contribution in [0.4, 0.5) is 23.9 Å². The Morgan fingerprint density at radius 3 is 2.40 bits per heavy atom. The first kappa shape index (κ1) is 18.8. The van der Waals surface area contributed by atoms with Gasteiger partial charge in [0.2, 0.25) is 5.95 Å². The van der Waals surface area contributed by atoms with E-state index in [1.54, 1.807) is 11.8 Å². The van der Waals surface area contributed by atoms with Gasteiger partial charge in [-0.2, -0.15) is 13.2 Å². The molecule has 1 aromatic heterocycles. The molecule has 0 aliphatic carbocycles. The van der Waals surface area contributed by atoms with Crippen molar-refractivity contribution < 1.29 is 28.2 Å². The molecule has 1 aromatic rings. The number of nitrogens with zero attached hydrogens (tertiary/aromatic N) is 4. The first-order valence-electron chi connectivity index (χ1n) is 7.36. The van der Waals surface area contributed by atoms with Gasteiger partial charge < -0.3 is 20.0 Å². The average Bonchev–Trinajstić information content (AvgIpc) is 2.54. The summed E-state index contributed by atoms with van der Waals surface area (Å²) in [5, 5.41) is 18.7. The first-order chi connectivity index (χ1) is 11.6. The highest BCUT2D eigenvalue weighted by atomic mass is 19.4. The van der Waals surface area contributed by atoms with Gasteiger partial charge in [0, 0.05) is 31.0 Å². The van der Waals surface area contributed by atoms with Crippen molar-refractivity contribution in [2.75, 3.05) is 24.5 Å². The Morgan fingerprint density at radius 2 is 1.92 bits per heavy atom. The fourth-order valence-corrected chi connectivity index (χ4v) is 2.37. The Hall–Kier alpha value is -2.54. The number of aliphatic hydroxyl groups is 1. The van der Waals surface area contributed by atoms with Crippen molar-refractivity contribution in [2.45, 2.75) is 31.7 Å². The van der Waals surface area contributed by atoms with Gasteiger partial charge in [-0.15, -0.1) is 5.92 Å². The maximum absolute atomic E-state index is 12.9. The van der Waals surface area contributed by atoms with E-state index >= 15 is 0 Å². The zero-order chi connectivity index (χ0) is 18.8. The van der Waals surface area contributed by atoms with Crippen LogP contribution in [0.2, 0.25) is 0 Å². The van der Waals surface area contributed by atoms with E-state index in [2.05, 4.69) is 21.8 Å². The number of halogens is 3. The molecule has 2 atom stereocenters. The van der Waals surface area contributed by atoms with Crippen molar-refractivity contribution in [3.63, 3.8) is 0 Å². The summed E-state index contributed by atoms with van der Waals surface area (Å²) in [6, 6.07) is -0.510. The van der Waals surface area contributed by atoms with Crippen LogP contribution in [0.15, 0.2) is 12.4 Å². The second kappa shape index (κ2) is 6.76. The van der Waals surface area contributed by atoms with Crippen LogP contribution in [0.3, 0.4) is 0 Å². The molecule has 1 saturated heterocycles. The van der Waals surface area contributed by atoms with Crippen LogP contribution in [0.5, 0.6) is 0 Å². The van der Waals surface area contributed by atoms with Crippen molar-refractivity contribution in [3.8, 4) is 11.8 Å². The third-order valence-electron chi connectivity index (χ3n) is 3.97. The van der Waals surface area contributed by atoms with Gasteiger partial charge >= 0.3 is 12.3 Å². The van der Waals surface area contributed by atoms with Crippen LogP contribution in [0.1, 0.15) is 19.4 Å². The molecule has 1 aliphatic rings. The number of hydrogen-bond donors (Lipinski definition) is 2. The summed E-state index contributed by atoms with van der Waals surface area (Å²) in [7, 11) is 0. The van der Waals surface area contributed by atoms with E-state index < -0.39 is 29.5 Å². The van der Waals surface area contributed by atoms with Gasteiger partial charge in [-0.3, -0.25) is 0 Å². The molecule has 0 spiro atoms. The molecular formula is C15H17F3N4O3. The molecule has 2 N–H and O–H groups in total. The lowest BCUT2D eigenvalue weighted by molar-refractivity contribution is -0.259. The Morgan fingerprint density at radius 1 is 1.32 bits per heavy atom. The van der Waals surface area contributed by atoms with Gasteiger partial charge in [-0.25, -0.2) is 14.8 Å². The van der Waals surface area contributed by atoms with E-state index in [1.165, 1.54) is 4.90 Å². The minimum atomic E-state index is -4.86. The largest absolute Gasteiger partial charge is 0.465 e. The molecule has 0 radical (unpaired) electrons. The fourth-order valence-electron chi connectivity index (χ4n) is 2.37. The summed E-state index contributed by atoms with van der Waals surface area (Å²) in [5.74, 6) is 5.67. The zero-order valence-corrected chi connectivity index (χ0v) is 13.6. The van der Waals surface area contributed by atoms with Gasteiger partial charge in [-0.1, -0.05) is 5.92 Å². The van der Waals surface area contributed by atoms with Gasteiger partial charge in [-0.05, 0) is 13.8 Å². The predicted molar refractivity (Wildman–Crippen MR) is 81.8 cm³/mol. The van der Waals surface area contributed by atoms with Crippen molar-refractivity contribution in [1.29, 1.82) is 0 Å². The molecule has 2 heterocycles. The Balaban J connectivity index is 2.26. The number of rotatable bonds is 2. The normalized spacial score (nSPS) is 20.5. The summed E-state index contributed by atoms with van der Waals surface area (Å²) >= 11 is 0. The number of alkyl halides is 3. The van der Waals surface area contributed by atoms with Crippen molar-refractivity contribution in [2.24, 2.45) is 0 Å². The van der Waals surface area contributed by atoms with E-state index in [0.29, 0.717) is 6.92 Å². The quantitative estimate of drug-likeness (QED) is 0.778. The predicted octanol–water partition coefficient (Wildman–Crippen LogP) is 1.44. The molecule has 1 fully saturated rings. The van der Waals surface area contributed by atoms with Crippen LogP contribution in [0, 0.1) is 11.8 Å². The minimum absolute atomic E-state index is 0.113. The molecule has 136 valence electrons. The van der Waals surface area contributed by atoms with Crippen molar-refractivity contribution in [3.05, 3.63) is 18.0 Å². The van der Waals surface area contributed by atoms with E-state index in [-0.39, 0.29) is 25.6 Å². The number of anilines is 1. The maximum atomic E-state index is 12.9. The van der Waals surface area contributed by atoms with Crippen LogP contribution in [-0.4, -0.2) is 63.0 Å². The first-order valence-corrected chi connectivity index (χ1v) is 7.36. The Kier molecular flexibility index (Phi) is 5.08. The highest BCUT2D eigenvalue weighted by Gasteiger charge is 2.51. The summed E-state index contributed by atoms with van der Waals surface area (Å²) in [5.41, 5.74) is -3.54. The summed E-state index contributed by atoms with van der Waals surface area (Å²) in [4.78, 5) is 21.7. The SMILES string of the molecule is CC#C[C@H]1CN(C(=O)O)CCN1c1ncc([C@](C)(O)C(F)(F)F)cn1. The number of piperazine rings is 1. The van der Waals surface area contributed by atoms with E-state index in [1.807, 2.05) is 0 Å². The van der Waals surface area contributed by atoms with Gasteiger partial charge in [0.1, 0.15) is 6.04 Å². The number of carbonyl (C=O) groups is 1. The summed E-state index contributed by atoms with van der Waals surface area (Å²) < 4.78 is 38.6. The molecule has 0 aromatic carbocycles. The topological polar surface area (TPSA) is 89.8 Å². The molecule has 2 rings (SSSR count). The third kappa shape index (κ3) is 3.76. The second-order valence-corrected chi connectivity index (χ2v) is 5.67. The van der Waals surface area contributed by atoms with Crippen molar-refractivity contribution in [1.82, 2.24) is 14.9 Å².